The molecule has 0 spiro atoms. The maximum atomic E-state index is 11.4. The molecule has 0 bridgehead atoms. The fourth-order valence-corrected chi connectivity index (χ4v) is 2.18. The van der Waals surface area contributed by atoms with Gasteiger partial charge in [0.25, 0.3) is 0 Å². The van der Waals surface area contributed by atoms with Gasteiger partial charge in [0.1, 0.15) is 0 Å². The highest BCUT2D eigenvalue weighted by Crippen LogP contribution is 2.22. The Morgan fingerprint density at radius 1 is 1.47 bits per heavy atom. The number of thiol groups is 1. The van der Waals surface area contributed by atoms with Crippen LogP contribution in [0.5, 0.6) is 0 Å². The van der Waals surface area contributed by atoms with Crippen LogP contribution >= 0.6 is 12.6 Å². The Kier molecular flexibility index (Phi) is 5.91. The lowest BCUT2D eigenvalue weighted by molar-refractivity contribution is 0.0909. The number of likely N-dealkylation sites (tertiary alicyclic amines) is 1. The number of piperidine rings is 1. The molecule has 0 aromatic rings. The van der Waals surface area contributed by atoms with Gasteiger partial charge in [-0.2, -0.15) is 12.6 Å². The Balaban J connectivity index is 2.20. The molecule has 1 aliphatic heterocycles. The van der Waals surface area contributed by atoms with Crippen molar-refractivity contribution in [2.75, 3.05) is 25.4 Å². The molecule has 1 rings (SSSR count). The third kappa shape index (κ3) is 4.33. The standard InChI is InChI=1S/C11H21NO2S/c1-2-14-11(13)12-7-5-10(6-8-12)4-3-9-15/h10,15H,2-9H2,1H3. The topological polar surface area (TPSA) is 29.5 Å². The van der Waals surface area contributed by atoms with Gasteiger partial charge in [-0.05, 0) is 44.3 Å². The molecule has 0 radical (unpaired) electrons. The zero-order chi connectivity index (χ0) is 11.1. The van der Waals surface area contributed by atoms with Crippen LogP contribution in [0, 0.1) is 5.92 Å². The molecule has 1 heterocycles. The molecular weight excluding hydrogens is 210 g/mol. The van der Waals surface area contributed by atoms with Gasteiger partial charge in [-0.3, -0.25) is 0 Å². The number of hydrogen-bond acceptors (Lipinski definition) is 3. The minimum atomic E-state index is -0.148. The molecule has 4 heteroatoms. The molecule has 15 heavy (non-hydrogen) atoms. The Bertz CT molecular complexity index is 191. The van der Waals surface area contributed by atoms with E-state index in [-0.39, 0.29) is 6.09 Å². The monoisotopic (exact) mass is 231 g/mol. The zero-order valence-electron chi connectivity index (χ0n) is 9.45. The van der Waals surface area contributed by atoms with Crippen LogP contribution in [-0.4, -0.2) is 36.4 Å². The summed E-state index contributed by atoms with van der Waals surface area (Å²) in [5.74, 6) is 1.75. The summed E-state index contributed by atoms with van der Waals surface area (Å²) < 4.78 is 4.97. The molecule has 1 saturated heterocycles. The quantitative estimate of drug-likeness (QED) is 0.754. The van der Waals surface area contributed by atoms with E-state index in [1.54, 1.807) is 0 Å². The van der Waals surface area contributed by atoms with Gasteiger partial charge in [0.15, 0.2) is 0 Å². The third-order valence-electron chi connectivity index (χ3n) is 2.91. The molecule has 1 fully saturated rings. The highest BCUT2D eigenvalue weighted by atomic mass is 32.1. The Morgan fingerprint density at radius 2 is 2.13 bits per heavy atom. The lowest BCUT2D eigenvalue weighted by Gasteiger charge is -2.31. The summed E-state index contributed by atoms with van der Waals surface area (Å²) in [7, 11) is 0. The first kappa shape index (κ1) is 12.7. The average molecular weight is 231 g/mol. The molecule has 3 nitrogen and oxygen atoms in total. The van der Waals surface area contributed by atoms with Gasteiger partial charge in [0.05, 0.1) is 6.61 Å². The first-order valence-corrected chi connectivity index (χ1v) is 6.43. The molecule has 0 saturated carbocycles. The lowest BCUT2D eigenvalue weighted by Crippen LogP contribution is -2.38. The van der Waals surface area contributed by atoms with E-state index in [1.165, 1.54) is 12.8 Å². The maximum Gasteiger partial charge on any atom is 0.409 e. The van der Waals surface area contributed by atoms with Crippen LogP contribution in [0.3, 0.4) is 0 Å². The predicted octanol–water partition coefficient (Wildman–Crippen LogP) is 2.56. The van der Waals surface area contributed by atoms with Gasteiger partial charge < -0.3 is 9.64 Å². The van der Waals surface area contributed by atoms with Crippen LogP contribution < -0.4 is 0 Å². The van der Waals surface area contributed by atoms with Crippen LogP contribution in [0.25, 0.3) is 0 Å². The van der Waals surface area contributed by atoms with Gasteiger partial charge in [-0.1, -0.05) is 0 Å². The van der Waals surface area contributed by atoms with E-state index >= 15 is 0 Å². The predicted molar refractivity (Wildman–Crippen MR) is 64.4 cm³/mol. The molecule has 88 valence electrons. The molecule has 0 aromatic heterocycles. The highest BCUT2D eigenvalue weighted by Gasteiger charge is 2.22. The van der Waals surface area contributed by atoms with Crippen molar-refractivity contribution in [1.29, 1.82) is 0 Å². The van der Waals surface area contributed by atoms with Crippen molar-refractivity contribution < 1.29 is 9.53 Å². The minimum Gasteiger partial charge on any atom is -0.450 e. The van der Waals surface area contributed by atoms with E-state index in [9.17, 15) is 4.79 Å². The van der Waals surface area contributed by atoms with E-state index in [1.807, 2.05) is 11.8 Å². The SMILES string of the molecule is CCOC(=O)N1CCC(CCCS)CC1. The summed E-state index contributed by atoms with van der Waals surface area (Å²) in [5, 5.41) is 0. The maximum absolute atomic E-state index is 11.4. The Morgan fingerprint density at radius 3 is 2.67 bits per heavy atom. The zero-order valence-corrected chi connectivity index (χ0v) is 10.3. The first-order chi connectivity index (χ1) is 7.27. The Hall–Kier alpha value is -0.380. The minimum absolute atomic E-state index is 0.148. The Labute approximate surface area is 97.6 Å². The van der Waals surface area contributed by atoms with Crippen molar-refractivity contribution in [3.63, 3.8) is 0 Å². The molecule has 1 aliphatic rings. The summed E-state index contributed by atoms with van der Waals surface area (Å²) in [6.07, 6.45) is 4.53. The van der Waals surface area contributed by atoms with E-state index in [4.69, 9.17) is 4.74 Å². The number of ether oxygens (including phenoxy) is 1. The van der Waals surface area contributed by atoms with E-state index < -0.39 is 0 Å². The van der Waals surface area contributed by atoms with E-state index in [2.05, 4.69) is 12.6 Å². The number of carbonyl (C=O) groups excluding carboxylic acids is 1. The van der Waals surface area contributed by atoms with Crippen molar-refractivity contribution in [2.45, 2.75) is 32.6 Å². The van der Waals surface area contributed by atoms with Crippen LogP contribution in [0.1, 0.15) is 32.6 Å². The van der Waals surface area contributed by atoms with Crippen molar-refractivity contribution in [2.24, 2.45) is 5.92 Å². The molecule has 0 unspecified atom stereocenters. The second kappa shape index (κ2) is 6.99. The normalized spacial score (nSPS) is 17.9. The van der Waals surface area contributed by atoms with Crippen molar-refractivity contribution >= 4 is 18.7 Å². The summed E-state index contributed by atoms with van der Waals surface area (Å²) in [6.45, 7) is 4.03. The molecule has 0 aromatic carbocycles. The smallest absolute Gasteiger partial charge is 0.409 e. The lowest BCUT2D eigenvalue weighted by atomic mass is 9.93. The number of hydrogen-bond donors (Lipinski definition) is 1. The van der Waals surface area contributed by atoms with Gasteiger partial charge in [-0.15, -0.1) is 0 Å². The first-order valence-electron chi connectivity index (χ1n) is 5.80. The molecule has 0 atom stereocenters. The second-order valence-electron chi connectivity index (χ2n) is 4.00. The van der Waals surface area contributed by atoms with Crippen molar-refractivity contribution in [1.82, 2.24) is 4.90 Å². The number of amides is 1. The summed E-state index contributed by atoms with van der Waals surface area (Å²) in [6, 6.07) is 0. The molecule has 1 amide bonds. The fraction of sp³-hybridized carbons (Fsp3) is 0.909. The highest BCUT2D eigenvalue weighted by molar-refractivity contribution is 7.80. The summed E-state index contributed by atoms with van der Waals surface area (Å²) in [4.78, 5) is 13.2. The fourth-order valence-electron chi connectivity index (χ4n) is 2.00. The van der Waals surface area contributed by atoms with E-state index in [0.29, 0.717) is 6.61 Å². The largest absolute Gasteiger partial charge is 0.450 e. The summed E-state index contributed by atoms with van der Waals surface area (Å²) >= 11 is 4.21. The van der Waals surface area contributed by atoms with Crippen LogP contribution in [0.15, 0.2) is 0 Å². The second-order valence-corrected chi connectivity index (χ2v) is 4.44. The molecule has 0 aliphatic carbocycles. The van der Waals surface area contributed by atoms with Crippen molar-refractivity contribution in [3.05, 3.63) is 0 Å². The van der Waals surface area contributed by atoms with Crippen LogP contribution in [0.4, 0.5) is 4.79 Å². The molecule has 0 N–H and O–H groups in total. The van der Waals surface area contributed by atoms with Gasteiger partial charge in [0, 0.05) is 13.1 Å². The van der Waals surface area contributed by atoms with Crippen LogP contribution in [-0.2, 0) is 4.74 Å². The number of carbonyl (C=O) groups is 1. The van der Waals surface area contributed by atoms with Gasteiger partial charge in [0.2, 0.25) is 0 Å². The number of nitrogens with zero attached hydrogens (tertiary/aromatic N) is 1. The van der Waals surface area contributed by atoms with Crippen LogP contribution in [0.2, 0.25) is 0 Å². The average Bonchev–Trinajstić information content (AvgIpc) is 2.27. The van der Waals surface area contributed by atoms with Gasteiger partial charge in [-0.25, -0.2) is 4.79 Å². The van der Waals surface area contributed by atoms with Gasteiger partial charge >= 0.3 is 6.09 Å². The number of rotatable bonds is 4. The summed E-state index contributed by atoms with van der Waals surface area (Å²) in [5.41, 5.74) is 0. The molecular formula is C11H21NO2S. The van der Waals surface area contributed by atoms with E-state index in [0.717, 1.165) is 37.6 Å². The van der Waals surface area contributed by atoms with Crippen molar-refractivity contribution in [3.8, 4) is 0 Å². The third-order valence-corrected chi connectivity index (χ3v) is 3.23.